The van der Waals surface area contributed by atoms with Gasteiger partial charge in [-0.15, -0.1) is 0 Å². The Bertz CT molecular complexity index is 986. The number of carbonyl (C=O) groups excluding carboxylic acids is 2. The van der Waals surface area contributed by atoms with Gasteiger partial charge in [0.2, 0.25) is 5.91 Å². The number of hydrogen-bond donors (Lipinski definition) is 3. The maximum atomic E-state index is 12.4. The van der Waals surface area contributed by atoms with Gasteiger partial charge in [0.05, 0.1) is 25.4 Å². The van der Waals surface area contributed by atoms with Crippen molar-refractivity contribution in [1.82, 2.24) is 5.32 Å². The molecular formula is C60H117NO5. The minimum Gasteiger partial charge on any atom is -0.466 e. The monoisotopic (exact) mass is 932 g/mol. The highest BCUT2D eigenvalue weighted by atomic mass is 16.5. The largest absolute Gasteiger partial charge is 0.466 e. The van der Waals surface area contributed by atoms with Crippen molar-refractivity contribution in [3.8, 4) is 0 Å². The standard InChI is InChI=1S/C60H117NO5/c1-3-5-7-9-11-13-15-16-17-28-31-34-38-42-46-50-54-60(65)66-55-51-47-43-39-35-32-29-26-24-22-20-18-19-21-23-25-27-30-33-37-41-45-49-53-59(64)61-57(56-62)58(63)52-48-44-40-36-14-12-10-8-6-4-2/h21,23,57-58,62-63H,3-20,22,24-56H2,1-2H3,(H,61,64)/b23-21-. The third kappa shape index (κ3) is 52.0. The van der Waals surface area contributed by atoms with Crippen LogP contribution in [0.25, 0.3) is 0 Å². The molecule has 0 spiro atoms. The molecule has 66 heavy (non-hydrogen) atoms. The Morgan fingerprint density at radius 2 is 0.712 bits per heavy atom. The number of allylic oxidation sites excluding steroid dienone is 2. The number of carbonyl (C=O) groups is 2. The first-order chi connectivity index (χ1) is 32.5. The molecule has 6 nitrogen and oxygen atoms in total. The third-order valence-corrected chi connectivity index (χ3v) is 14.1. The molecule has 0 rings (SSSR count). The molecule has 0 bridgehead atoms. The lowest BCUT2D eigenvalue weighted by atomic mass is 10.0. The van der Waals surface area contributed by atoms with Crippen molar-refractivity contribution in [3.63, 3.8) is 0 Å². The lowest BCUT2D eigenvalue weighted by Gasteiger charge is -2.22. The fraction of sp³-hybridized carbons (Fsp3) is 0.933. The Kier molecular flexibility index (Phi) is 55.0. The van der Waals surface area contributed by atoms with Crippen LogP contribution in [-0.4, -0.2) is 47.4 Å². The van der Waals surface area contributed by atoms with Gasteiger partial charge in [0.1, 0.15) is 0 Å². The van der Waals surface area contributed by atoms with Crippen LogP contribution in [0.1, 0.15) is 335 Å². The van der Waals surface area contributed by atoms with Gasteiger partial charge in [0.15, 0.2) is 0 Å². The van der Waals surface area contributed by atoms with Gasteiger partial charge in [0, 0.05) is 12.8 Å². The zero-order valence-corrected chi connectivity index (χ0v) is 44.7. The van der Waals surface area contributed by atoms with E-state index in [1.165, 1.54) is 263 Å². The van der Waals surface area contributed by atoms with Gasteiger partial charge in [-0.1, -0.05) is 283 Å². The van der Waals surface area contributed by atoms with Crippen LogP contribution in [0.15, 0.2) is 12.2 Å². The third-order valence-electron chi connectivity index (χ3n) is 14.1. The molecule has 6 heteroatoms. The average Bonchev–Trinajstić information content (AvgIpc) is 3.32. The summed E-state index contributed by atoms with van der Waals surface area (Å²) in [5, 5.41) is 23.1. The SMILES string of the molecule is CCCCCCCCCCCCCCCCCCC(=O)OCCCCCCCCCCCCCC/C=C\CCCCCCCCCC(=O)NC(CO)C(O)CCCCCCCCCCCC. The van der Waals surface area contributed by atoms with Crippen molar-refractivity contribution in [3.05, 3.63) is 12.2 Å². The molecule has 0 saturated heterocycles. The van der Waals surface area contributed by atoms with Crippen molar-refractivity contribution in [2.24, 2.45) is 0 Å². The van der Waals surface area contributed by atoms with Crippen LogP contribution in [-0.2, 0) is 14.3 Å². The fourth-order valence-corrected chi connectivity index (χ4v) is 9.46. The number of ether oxygens (including phenoxy) is 1. The summed E-state index contributed by atoms with van der Waals surface area (Å²) < 4.78 is 5.49. The first-order valence-electron chi connectivity index (χ1n) is 29.9. The van der Waals surface area contributed by atoms with E-state index >= 15 is 0 Å². The molecular weight excluding hydrogens is 815 g/mol. The zero-order valence-electron chi connectivity index (χ0n) is 44.7. The van der Waals surface area contributed by atoms with Crippen LogP contribution in [0.3, 0.4) is 0 Å². The first kappa shape index (κ1) is 64.6. The van der Waals surface area contributed by atoms with Gasteiger partial charge in [-0.25, -0.2) is 0 Å². The predicted molar refractivity (Wildman–Crippen MR) is 287 cm³/mol. The van der Waals surface area contributed by atoms with E-state index in [1.807, 2.05) is 0 Å². The predicted octanol–water partition coefficient (Wildman–Crippen LogP) is 18.5. The quantitative estimate of drug-likeness (QED) is 0.0321. The lowest BCUT2D eigenvalue weighted by Crippen LogP contribution is -2.45. The number of hydrogen-bond acceptors (Lipinski definition) is 5. The number of nitrogens with one attached hydrogen (secondary N) is 1. The molecule has 0 aliphatic carbocycles. The zero-order chi connectivity index (χ0) is 47.9. The van der Waals surface area contributed by atoms with Gasteiger partial charge in [-0.05, 0) is 51.4 Å². The van der Waals surface area contributed by atoms with E-state index in [4.69, 9.17) is 4.74 Å². The van der Waals surface area contributed by atoms with Crippen LogP contribution in [0, 0.1) is 0 Å². The molecule has 1 amide bonds. The van der Waals surface area contributed by atoms with Gasteiger partial charge in [-0.2, -0.15) is 0 Å². The highest BCUT2D eigenvalue weighted by molar-refractivity contribution is 5.76. The summed E-state index contributed by atoms with van der Waals surface area (Å²) in [5.41, 5.74) is 0. The molecule has 392 valence electrons. The van der Waals surface area contributed by atoms with E-state index in [1.54, 1.807) is 0 Å². The minimum atomic E-state index is -0.665. The number of amides is 1. The van der Waals surface area contributed by atoms with E-state index in [9.17, 15) is 19.8 Å². The molecule has 0 aliphatic rings. The summed E-state index contributed by atoms with van der Waals surface area (Å²) in [6, 6.07) is -0.543. The second-order valence-electron chi connectivity index (χ2n) is 20.7. The second kappa shape index (κ2) is 56.2. The lowest BCUT2D eigenvalue weighted by molar-refractivity contribution is -0.143. The van der Waals surface area contributed by atoms with E-state index in [0.717, 1.165) is 38.5 Å². The fourth-order valence-electron chi connectivity index (χ4n) is 9.46. The highest BCUT2D eigenvalue weighted by Crippen LogP contribution is 2.17. The Morgan fingerprint density at radius 1 is 0.409 bits per heavy atom. The number of aliphatic hydroxyl groups excluding tert-OH is 2. The Balaban J connectivity index is 3.36. The minimum absolute atomic E-state index is 0.0153. The summed E-state index contributed by atoms with van der Waals surface area (Å²) in [7, 11) is 0. The number of aliphatic hydroxyl groups is 2. The Labute approximate surface area is 412 Å². The van der Waals surface area contributed by atoms with Gasteiger partial charge >= 0.3 is 5.97 Å². The molecule has 0 aromatic carbocycles. The average molecular weight is 933 g/mol. The molecule has 0 aromatic rings. The molecule has 0 heterocycles. The van der Waals surface area contributed by atoms with Crippen molar-refractivity contribution in [2.45, 2.75) is 347 Å². The van der Waals surface area contributed by atoms with E-state index in [-0.39, 0.29) is 18.5 Å². The second-order valence-corrected chi connectivity index (χ2v) is 20.7. The molecule has 2 unspecified atom stereocenters. The number of esters is 1. The van der Waals surface area contributed by atoms with E-state index in [2.05, 4.69) is 31.3 Å². The van der Waals surface area contributed by atoms with Crippen molar-refractivity contribution >= 4 is 11.9 Å². The van der Waals surface area contributed by atoms with Crippen LogP contribution in [0.5, 0.6) is 0 Å². The summed E-state index contributed by atoms with van der Waals surface area (Å²) >= 11 is 0. The Morgan fingerprint density at radius 3 is 1.08 bits per heavy atom. The molecule has 0 aromatic heterocycles. The maximum absolute atomic E-state index is 12.4. The highest BCUT2D eigenvalue weighted by Gasteiger charge is 2.20. The van der Waals surface area contributed by atoms with E-state index in [0.29, 0.717) is 25.9 Å². The molecule has 0 saturated carbocycles. The van der Waals surface area contributed by atoms with Crippen LogP contribution >= 0.6 is 0 Å². The van der Waals surface area contributed by atoms with Gasteiger partial charge < -0.3 is 20.3 Å². The van der Waals surface area contributed by atoms with Crippen molar-refractivity contribution in [1.29, 1.82) is 0 Å². The van der Waals surface area contributed by atoms with Crippen molar-refractivity contribution < 1.29 is 24.5 Å². The van der Waals surface area contributed by atoms with Crippen LogP contribution < -0.4 is 5.32 Å². The van der Waals surface area contributed by atoms with Crippen LogP contribution in [0.4, 0.5) is 0 Å². The summed E-state index contributed by atoms with van der Waals surface area (Å²) in [6.07, 6.45) is 66.5. The molecule has 2 atom stereocenters. The summed E-state index contributed by atoms with van der Waals surface area (Å²) in [5.74, 6) is -0.0264. The van der Waals surface area contributed by atoms with E-state index < -0.39 is 12.1 Å². The van der Waals surface area contributed by atoms with Gasteiger partial charge in [-0.3, -0.25) is 9.59 Å². The van der Waals surface area contributed by atoms with Gasteiger partial charge in [0.25, 0.3) is 0 Å². The number of rotatable bonds is 56. The normalized spacial score (nSPS) is 12.6. The van der Waals surface area contributed by atoms with Crippen molar-refractivity contribution in [2.75, 3.05) is 13.2 Å². The topological polar surface area (TPSA) is 95.9 Å². The van der Waals surface area contributed by atoms with Crippen LogP contribution in [0.2, 0.25) is 0 Å². The molecule has 0 radical (unpaired) electrons. The smallest absolute Gasteiger partial charge is 0.305 e. The summed E-state index contributed by atoms with van der Waals surface area (Å²) in [6.45, 7) is 4.96. The molecule has 3 N–H and O–H groups in total. The first-order valence-corrected chi connectivity index (χ1v) is 29.9. The molecule has 0 aliphatic heterocycles. The Hall–Kier alpha value is -1.40. The molecule has 0 fully saturated rings. The summed E-state index contributed by atoms with van der Waals surface area (Å²) in [4.78, 5) is 24.5. The maximum Gasteiger partial charge on any atom is 0.305 e. The number of unbranched alkanes of at least 4 members (excludes halogenated alkanes) is 43.